The minimum atomic E-state index is 0.135. The third kappa shape index (κ3) is 3.10. The Labute approximate surface area is 125 Å². The number of hydrogen-bond donors (Lipinski definition) is 1. The van der Waals surface area contributed by atoms with Crippen LogP contribution in [0.4, 0.5) is 0 Å². The van der Waals surface area contributed by atoms with E-state index in [1.165, 1.54) is 11.1 Å². The summed E-state index contributed by atoms with van der Waals surface area (Å²) < 4.78 is 10.9. The number of nitrogens with zero attached hydrogens (tertiary/aromatic N) is 1. The molecule has 0 saturated heterocycles. The molecule has 1 aliphatic rings. The van der Waals surface area contributed by atoms with Crippen molar-refractivity contribution in [2.24, 2.45) is 0 Å². The summed E-state index contributed by atoms with van der Waals surface area (Å²) in [5.74, 6) is 2.56. The van der Waals surface area contributed by atoms with Gasteiger partial charge in [0.15, 0.2) is 0 Å². The van der Waals surface area contributed by atoms with E-state index in [2.05, 4.69) is 29.4 Å². The van der Waals surface area contributed by atoms with Gasteiger partial charge >= 0.3 is 0 Å². The molecule has 21 heavy (non-hydrogen) atoms. The highest BCUT2D eigenvalue weighted by molar-refractivity contribution is 5.37. The zero-order valence-electron chi connectivity index (χ0n) is 12.8. The van der Waals surface area contributed by atoms with Gasteiger partial charge in [-0.05, 0) is 56.4 Å². The van der Waals surface area contributed by atoms with Crippen molar-refractivity contribution in [3.05, 3.63) is 47.2 Å². The Kier molecular flexibility index (Phi) is 3.97. The Morgan fingerprint density at radius 2 is 2.24 bits per heavy atom. The van der Waals surface area contributed by atoms with Gasteiger partial charge in [-0.3, -0.25) is 0 Å². The lowest BCUT2D eigenvalue weighted by Crippen LogP contribution is -2.36. The number of ether oxygens (including phenoxy) is 1. The largest absolute Gasteiger partial charge is 0.497 e. The van der Waals surface area contributed by atoms with E-state index in [0.29, 0.717) is 6.04 Å². The molecule has 0 amide bonds. The molecule has 0 aliphatic heterocycles. The number of rotatable bonds is 4. The number of oxazole rings is 1. The first-order chi connectivity index (χ1) is 10.2. The average molecular weight is 286 g/mol. The van der Waals surface area contributed by atoms with Crippen LogP contribution in [-0.4, -0.2) is 18.1 Å². The zero-order chi connectivity index (χ0) is 14.8. The van der Waals surface area contributed by atoms with E-state index < -0.39 is 0 Å². The molecule has 2 unspecified atom stereocenters. The average Bonchev–Trinajstić information content (AvgIpc) is 2.93. The Morgan fingerprint density at radius 3 is 2.95 bits per heavy atom. The van der Waals surface area contributed by atoms with Crippen molar-refractivity contribution in [3.8, 4) is 5.75 Å². The van der Waals surface area contributed by atoms with E-state index in [1.54, 1.807) is 13.3 Å². The zero-order valence-corrected chi connectivity index (χ0v) is 12.8. The highest BCUT2D eigenvalue weighted by Crippen LogP contribution is 2.26. The SMILES string of the molecule is COc1ccc2c(c1)CC(NC(C)c1ncc(C)o1)CC2. The number of aromatic nitrogens is 1. The maximum atomic E-state index is 5.60. The van der Waals surface area contributed by atoms with Gasteiger partial charge in [-0.25, -0.2) is 4.98 Å². The molecular weight excluding hydrogens is 264 g/mol. The van der Waals surface area contributed by atoms with Gasteiger partial charge in [0.2, 0.25) is 5.89 Å². The number of benzene rings is 1. The maximum absolute atomic E-state index is 5.60. The summed E-state index contributed by atoms with van der Waals surface area (Å²) in [6, 6.07) is 6.97. The summed E-state index contributed by atoms with van der Waals surface area (Å²) in [6.45, 7) is 4.03. The lowest BCUT2D eigenvalue weighted by molar-refractivity contribution is 0.350. The molecule has 4 heteroatoms. The Hall–Kier alpha value is -1.81. The number of nitrogens with one attached hydrogen (secondary N) is 1. The molecule has 2 aromatic rings. The fourth-order valence-electron chi connectivity index (χ4n) is 3.00. The van der Waals surface area contributed by atoms with E-state index in [-0.39, 0.29) is 6.04 Å². The third-order valence-corrected chi connectivity index (χ3v) is 4.14. The second-order valence-electron chi connectivity index (χ2n) is 5.77. The number of fused-ring (bicyclic) bond motifs is 1. The van der Waals surface area contributed by atoms with E-state index in [4.69, 9.17) is 9.15 Å². The minimum Gasteiger partial charge on any atom is -0.497 e. The van der Waals surface area contributed by atoms with Gasteiger partial charge in [0, 0.05) is 6.04 Å². The number of hydrogen-bond acceptors (Lipinski definition) is 4. The summed E-state index contributed by atoms with van der Waals surface area (Å²) in [5.41, 5.74) is 2.82. The summed E-state index contributed by atoms with van der Waals surface area (Å²) in [6.07, 6.45) is 5.04. The van der Waals surface area contributed by atoms with Crippen LogP contribution in [0.2, 0.25) is 0 Å². The molecule has 4 nitrogen and oxygen atoms in total. The third-order valence-electron chi connectivity index (χ3n) is 4.14. The molecule has 0 saturated carbocycles. The van der Waals surface area contributed by atoms with E-state index >= 15 is 0 Å². The van der Waals surface area contributed by atoms with E-state index in [0.717, 1.165) is 36.7 Å². The van der Waals surface area contributed by atoms with E-state index in [1.807, 2.05) is 13.0 Å². The van der Waals surface area contributed by atoms with Gasteiger partial charge in [0.05, 0.1) is 19.3 Å². The van der Waals surface area contributed by atoms with Crippen LogP contribution < -0.4 is 10.1 Å². The van der Waals surface area contributed by atoms with Gasteiger partial charge in [0.1, 0.15) is 11.5 Å². The van der Waals surface area contributed by atoms with Crippen molar-refractivity contribution in [1.82, 2.24) is 10.3 Å². The van der Waals surface area contributed by atoms with Gasteiger partial charge < -0.3 is 14.5 Å². The van der Waals surface area contributed by atoms with Gasteiger partial charge in [-0.15, -0.1) is 0 Å². The summed E-state index contributed by atoms with van der Waals surface area (Å²) in [4.78, 5) is 4.30. The van der Waals surface area contributed by atoms with Crippen LogP contribution in [0.25, 0.3) is 0 Å². The van der Waals surface area contributed by atoms with Crippen LogP contribution in [0, 0.1) is 6.92 Å². The molecule has 1 aromatic heterocycles. The molecule has 0 fully saturated rings. The van der Waals surface area contributed by atoms with Crippen LogP contribution in [0.5, 0.6) is 5.75 Å². The lowest BCUT2D eigenvalue weighted by Gasteiger charge is -2.27. The second kappa shape index (κ2) is 5.90. The molecule has 2 atom stereocenters. The van der Waals surface area contributed by atoms with Crippen molar-refractivity contribution in [2.75, 3.05) is 7.11 Å². The lowest BCUT2D eigenvalue weighted by atomic mass is 9.88. The molecule has 1 N–H and O–H groups in total. The first kappa shape index (κ1) is 14.1. The highest BCUT2D eigenvalue weighted by Gasteiger charge is 2.22. The first-order valence-corrected chi connectivity index (χ1v) is 7.50. The van der Waals surface area contributed by atoms with Crippen LogP contribution in [0.3, 0.4) is 0 Å². The predicted octanol–water partition coefficient (Wildman–Crippen LogP) is 3.20. The quantitative estimate of drug-likeness (QED) is 0.937. The standard InChI is InChI=1S/C17H22N2O2/c1-11-10-18-17(21-11)12(2)19-15-6-4-13-5-7-16(20-3)9-14(13)8-15/h5,7,9-10,12,15,19H,4,6,8H2,1-3H3. The Bertz CT molecular complexity index is 621. The van der Waals surface area contributed by atoms with Crippen molar-refractivity contribution in [2.45, 2.75) is 45.2 Å². The van der Waals surface area contributed by atoms with Gasteiger partial charge in [-0.1, -0.05) is 6.07 Å². The van der Waals surface area contributed by atoms with Crippen LogP contribution in [0.15, 0.2) is 28.8 Å². The molecule has 1 aromatic carbocycles. The maximum Gasteiger partial charge on any atom is 0.211 e. The smallest absolute Gasteiger partial charge is 0.211 e. The van der Waals surface area contributed by atoms with Crippen molar-refractivity contribution < 1.29 is 9.15 Å². The summed E-state index contributed by atoms with van der Waals surface area (Å²) >= 11 is 0. The summed E-state index contributed by atoms with van der Waals surface area (Å²) in [5, 5.41) is 3.63. The molecule has 112 valence electrons. The molecule has 0 spiro atoms. The van der Waals surface area contributed by atoms with Gasteiger partial charge in [0.25, 0.3) is 0 Å². The molecule has 0 radical (unpaired) electrons. The van der Waals surface area contributed by atoms with Crippen LogP contribution in [-0.2, 0) is 12.8 Å². The molecular formula is C17H22N2O2. The minimum absolute atomic E-state index is 0.135. The van der Waals surface area contributed by atoms with Crippen LogP contribution >= 0.6 is 0 Å². The summed E-state index contributed by atoms with van der Waals surface area (Å²) in [7, 11) is 1.72. The first-order valence-electron chi connectivity index (χ1n) is 7.50. The normalized spacial score (nSPS) is 19.1. The Morgan fingerprint density at radius 1 is 1.38 bits per heavy atom. The van der Waals surface area contributed by atoms with Crippen molar-refractivity contribution >= 4 is 0 Å². The fourth-order valence-corrected chi connectivity index (χ4v) is 3.00. The van der Waals surface area contributed by atoms with Crippen LogP contribution in [0.1, 0.15) is 42.2 Å². The van der Waals surface area contributed by atoms with Gasteiger partial charge in [-0.2, -0.15) is 0 Å². The monoisotopic (exact) mass is 286 g/mol. The van der Waals surface area contributed by atoms with Crippen molar-refractivity contribution in [3.63, 3.8) is 0 Å². The molecule has 0 bridgehead atoms. The fraction of sp³-hybridized carbons (Fsp3) is 0.471. The predicted molar refractivity (Wildman–Crippen MR) is 81.6 cm³/mol. The topological polar surface area (TPSA) is 47.3 Å². The highest BCUT2D eigenvalue weighted by atomic mass is 16.5. The number of aryl methyl sites for hydroxylation is 2. The second-order valence-corrected chi connectivity index (χ2v) is 5.77. The molecule has 1 aliphatic carbocycles. The van der Waals surface area contributed by atoms with E-state index in [9.17, 15) is 0 Å². The Balaban J connectivity index is 1.68. The molecule has 3 rings (SSSR count). The van der Waals surface area contributed by atoms with Crippen molar-refractivity contribution in [1.29, 1.82) is 0 Å². The number of methoxy groups -OCH3 is 1. The molecule has 1 heterocycles.